The fraction of sp³-hybridized carbons (Fsp3) is 0.529. The highest BCUT2D eigenvalue weighted by molar-refractivity contribution is 5.48. The van der Waals surface area contributed by atoms with E-state index in [1.165, 1.54) is 50.6 Å². The van der Waals surface area contributed by atoms with Gasteiger partial charge in [0.15, 0.2) is 0 Å². The normalized spacial score (nSPS) is 17.3. The van der Waals surface area contributed by atoms with Gasteiger partial charge in [-0.15, -0.1) is 0 Å². The molecule has 0 aliphatic heterocycles. The first-order valence-electron chi connectivity index (χ1n) is 7.37. The summed E-state index contributed by atoms with van der Waals surface area (Å²) >= 11 is 0. The lowest BCUT2D eigenvalue weighted by molar-refractivity contribution is 0.335. The summed E-state index contributed by atoms with van der Waals surface area (Å²) in [7, 11) is 0. The van der Waals surface area contributed by atoms with Gasteiger partial charge in [-0.25, -0.2) is 0 Å². The third-order valence-corrected chi connectivity index (χ3v) is 3.83. The Hall–Kier alpha value is -1.08. The van der Waals surface area contributed by atoms with E-state index in [4.69, 9.17) is 0 Å². The van der Waals surface area contributed by atoms with E-state index in [0.717, 1.165) is 12.5 Å². The Balaban J connectivity index is 1.54. The maximum atomic E-state index is 3.52. The minimum atomic E-state index is 0.988. The maximum absolute atomic E-state index is 3.52. The predicted octanol–water partition coefficient (Wildman–Crippen LogP) is 4.26. The molecule has 1 heteroatoms. The van der Waals surface area contributed by atoms with Crippen molar-refractivity contribution < 1.29 is 0 Å². The molecule has 0 radical (unpaired) electrons. The summed E-state index contributed by atoms with van der Waals surface area (Å²) in [4.78, 5) is 0. The van der Waals surface area contributed by atoms with Gasteiger partial charge in [-0.3, -0.25) is 0 Å². The number of hydrogen-bond acceptors (Lipinski definition) is 1. The minimum absolute atomic E-state index is 0.988. The molecule has 0 aromatic heterocycles. The van der Waals surface area contributed by atoms with Crippen LogP contribution in [0, 0.1) is 5.92 Å². The monoisotopic (exact) mass is 243 g/mol. The number of nitrogens with one attached hydrogen (secondary N) is 1. The van der Waals surface area contributed by atoms with Gasteiger partial charge in [0.1, 0.15) is 0 Å². The topological polar surface area (TPSA) is 12.0 Å². The van der Waals surface area contributed by atoms with E-state index in [2.05, 4.69) is 47.8 Å². The van der Waals surface area contributed by atoms with Crippen LogP contribution in [0.2, 0.25) is 0 Å². The van der Waals surface area contributed by atoms with Gasteiger partial charge in [-0.05, 0) is 24.4 Å². The molecular formula is C17H25N. The largest absolute Gasteiger partial charge is 0.313 e. The first-order chi connectivity index (χ1) is 8.95. The molecule has 1 fully saturated rings. The molecule has 1 saturated carbocycles. The molecule has 0 saturated heterocycles. The SMILES string of the molecule is C(=Cc1ccccc1)CNCCC1CCCCC1. The molecule has 1 aromatic carbocycles. The van der Waals surface area contributed by atoms with Gasteiger partial charge < -0.3 is 5.32 Å². The van der Waals surface area contributed by atoms with Crippen LogP contribution in [-0.4, -0.2) is 13.1 Å². The lowest BCUT2D eigenvalue weighted by Crippen LogP contribution is -2.19. The van der Waals surface area contributed by atoms with Crippen molar-refractivity contribution in [2.75, 3.05) is 13.1 Å². The van der Waals surface area contributed by atoms with E-state index in [1.54, 1.807) is 0 Å². The molecule has 0 unspecified atom stereocenters. The van der Waals surface area contributed by atoms with Gasteiger partial charge in [0.25, 0.3) is 0 Å². The Morgan fingerprint density at radius 3 is 2.61 bits per heavy atom. The third-order valence-electron chi connectivity index (χ3n) is 3.83. The van der Waals surface area contributed by atoms with Crippen LogP contribution in [0.15, 0.2) is 36.4 Å². The van der Waals surface area contributed by atoms with Crippen molar-refractivity contribution in [3.05, 3.63) is 42.0 Å². The van der Waals surface area contributed by atoms with E-state index in [0.29, 0.717) is 0 Å². The van der Waals surface area contributed by atoms with Crippen LogP contribution in [0.4, 0.5) is 0 Å². The highest BCUT2D eigenvalue weighted by Gasteiger charge is 2.11. The van der Waals surface area contributed by atoms with Gasteiger partial charge in [0.05, 0.1) is 0 Å². The summed E-state index contributed by atoms with van der Waals surface area (Å²) in [5, 5.41) is 3.52. The molecule has 1 nitrogen and oxygen atoms in total. The first kappa shape index (κ1) is 13.4. The lowest BCUT2D eigenvalue weighted by atomic mass is 9.87. The van der Waals surface area contributed by atoms with Crippen molar-refractivity contribution in [2.45, 2.75) is 38.5 Å². The second-order valence-corrected chi connectivity index (χ2v) is 5.31. The molecule has 0 atom stereocenters. The van der Waals surface area contributed by atoms with Crippen LogP contribution in [-0.2, 0) is 0 Å². The van der Waals surface area contributed by atoms with Crippen LogP contribution in [0.3, 0.4) is 0 Å². The van der Waals surface area contributed by atoms with Crippen LogP contribution < -0.4 is 5.32 Å². The van der Waals surface area contributed by atoms with Crippen molar-refractivity contribution in [1.29, 1.82) is 0 Å². The third kappa shape index (κ3) is 5.05. The summed E-state index contributed by atoms with van der Waals surface area (Å²) in [6.07, 6.45) is 13.1. The van der Waals surface area contributed by atoms with Crippen LogP contribution >= 0.6 is 0 Å². The summed E-state index contributed by atoms with van der Waals surface area (Å²) in [6, 6.07) is 10.5. The minimum Gasteiger partial charge on any atom is -0.313 e. The second kappa shape index (κ2) is 8.10. The molecule has 0 heterocycles. The fourth-order valence-corrected chi connectivity index (χ4v) is 2.73. The molecule has 0 bridgehead atoms. The van der Waals surface area contributed by atoms with Crippen molar-refractivity contribution in [3.8, 4) is 0 Å². The number of benzene rings is 1. The summed E-state index contributed by atoms with van der Waals surface area (Å²) < 4.78 is 0. The zero-order chi connectivity index (χ0) is 12.5. The van der Waals surface area contributed by atoms with Gasteiger partial charge in [0.2, 0.25) is 0 Å². The molecule has 18 heavy (non-hydrogen) atoms. The first-order valence-corrected chi connectivity index (χ1v) is 7.37. The Labute approximate surface area is 111 Å². The summed E-state index contributed by atoms with van der Waals surface area (Å²) in [5.74, 6) is 0.990. The van der Waals surface area contributed by atoms with Gasteiger partial charge in [0, 0.05) is 6.54 Å². The average molecular weight is 243 g/mol. The second-order valence-electron chi connectivity index (χ2n) is 5.31. The predicted molar refractivity (Wildman–Crippen MR) is 79.5 cm³/mol. The Morgan fingerprint density at radius 1 is 1.06 bits per heavy atom. The molecule has 0 amide bonds. The highest BCUT2D eigenvalue weighted by atomic mass is 14.8. The molecule has 1 N–H and O–H groups in total. The van der Waals surface area contributed by atoms with Gasteiger partial charge in [-0.2, -0.15) is 0 Å². The maximum Gasteiger partial charge on any atom is 0.0138 e. The summed E-state index contributed by atoms with van der Waals surface area (Å²) in [6.45, 7) is 2.16. The smallest absolute Gasteiger partial charge is 0.0138 e. The van der Waals surface area contributed by atoms with Crippen molar-refractivity contribution in [1.82, 2.24) is 5.32 Å². The quantitative estimate of drug-likeness (QED) is 0.736. The van der Waals surface area contributed by atoms with Crippen LogP contribution in [0.25, 0.3) is 6.08 Å². The molecule has 98 valence electrons. The number of rotatable bonds is 6. The van der Waals surface area contributed by atoms with Crippen LogP contribution in [0.1, 0.15) is 44.1 Å². The molecule has 1 aliphatic rings. The number of hydrogen-bond donors (Lipinski definition) is 1. The lowest BCUT2D eigenvalue weighted by Gasteiger charge is -2.21. The van der Waals surface area contributed by atoms with E-state index in [9.17, 15) is 0 Å². The standard InChI is InChI=1S/C17H25N/c1-3-8-16(9-4-1)12-7-14-18-15-13-17-10-5-2-6-11-17/h1,3-4,7-9,12,17-18H,2,5-6,10-11,13-15H2. The van der Waals surface area contributed by atoms with Crippen molar-refractivity contribution in [2.24, 2.45) is 5.92 Å². The van der Waals surface area contributed by atoms with Crippen molar-refractivity contribution in [3.63, 3.8) is 0 Å². The molecule has 2 rings (SSSR count). The zero-order valence-electron chi connectivity index (χ0n) is 11.3. The van der Waals surface area contributed by atoms with Gasteiger partial charge in [-0.1, -0.05) is 74.6 Å². The molecule has 1 aliphatic carbocycles. The highest BCUT2D eigenvalue weighted by Crippen LogP contribution is 2.25. The average Bonchev–Trinajstić information content (AvgIpc) is 2.45. The molecule has 1 aromatic rings. The van der Waals surface area contributed by atoms with E-state index >= 15 is 0 Å². The van der Waals surface area contributed by atoms with Gasteiger partial charge >= 0.3 is 0 Å². The Bertz CT molecular complexity index is 336. The Morgan fingerprint density at radius 2 is 1.83 bits per heavy atom. The molecular weight excluding hydrogens is 218 g/mol. The van der Waals surface area contributed by atoms with Crippen LogP contribution in [0.5, 0.6) is 0 Å². The molecule has 0 spiro atoms. The van der Waals surface area contributed by atoms with Crippen molar-refractivity contribution >= 4 is 6.08 Å². The Kier molecular flexibility index (Phi) is 6.01. The van der Waals surface area contributed by atoms with E-state index in [-0.39, 0.29) is 0 Å². The summed E-state index contributed by atoms with van der Waals surface area (Å²) in [5.41, 5.74) is 1.28. The fourth-order valence-electron chi connectivity index (χ4n) is 2.73. The zero-order valence-corrected chi connectivity index (χ0v) is 11.3. The van der Waals surface area contributed by atoms with E-state index < -0.39 is 0 Å². The van der Waals surface area contributed by atoms with E-state index in [1.807, 2.05) is 0 Å².